The van der Waals surface area contributed by atoms with Crippen LogP contribution in [0.25, 0.3) is 0 Å². The fraction of sp³-hybridized carbons (Fsp3) is 0.533. The number of carbonyl (C=O) groups excluding carboxylic acids is 1. The van der Waals surface area contributed by atoms with E-state index in [1.165, 1.54) is 6.07 Å². The van der Waals surface area contributed by atoms with E-state index in [1.807, 2.05) is 4.90 Å². The molecule has 0 spiro atoms. The van der Waals surface area contributed by atoms with E-state index in [9.17, 15) is 9.18 Å². The molecule has 1 unspecified atom stereocenters. The van der Waals surface area contributed by atoms with E-state index in [0.717, 1.165) is 32.2 Å². The summed E-state index contributed by atoms with van der Waals surface area (Å²) in [7, 11) is 0. The Morgan fingerprint density at radius 1 is 1.53 bits per heavy atom. The van der Waals surface area contributed by atoms with Crippen LogP contribution in [0.4, 0.5) is 4.39 Å². The first kappa shape index (κ1) is 14.0. The number of halogens is 1. The van der Waals surface area contributed by atoms with Gasteiger partial charge in [0.2, 0.25) is 0 Å². The summed E-state index contributed by atoms with van der Waals surface area (Å²) in [5, 5.41) is 0. The minimum Gasteiger partial charge on any atom is -0.336 e. The molecule has 2 rings (SSSR count). The van der Waals surface area contributed by atoms with Crippen molar-refractivity contribution in [3.8, 4) is 0 Å². The highest BCUT2D eigenvalue weighted by Gasteiger charge is 2.28. The van der Waals surface area contributed by atoms with Gasteiger partial charge >= 0.3 is 0 Å². The zero-order valence-electron chi connectivity index (χ0n) is 11.4. The third-order valence-corrected chi connectivity index (χ3v) is 3.80. The molecule has 0 aromatic heterocycles. The molecule has 0 saturated carbocycles. The normalized spacial score (nSPS) is 18.9. The van der Waals surface area contributed by atoms with Gasteiger partial charge in [-0.05, 0) is 56.8 Å². The Kier molecular flexibility index (Phi) is 4.53. The molecule has 1 aliphatic heterocycles. The van der Waals surface area contributed by atoms with E-state index in [0.29, 0.717) is 17.7 Å². The highest BCUT2D eigenvalue weighted by molar-refractivity contribution is 5.94. The van der Waals surface area contributed by atoms with Gasteiger partial charge in [-0.2, -0.15) is 0 Å². The second-order valence-corrected chi connectivity index (χ2v) is 5.19. The molecule has 1 fully saturated rings. The molecule has 2 N–H and O–H groups in total. The van der Waals surface area contributed by atoms with Crippen molar-refractivity contribution in [2.75, 3.05) is 13.1 Å². The summed E-state index contributed by atoms with van der Waals surface area (Å²) < 4.78 is 13.5. The number of likely N-dealkylation sites (tertiary alicyclic amines) is 1. The molecule has 1 aromatic carbocycles. The van der Waals surface area contributed by atoms with E-state index >= 15 is 0 Å². The van der Waals surface area contributed by atoms with Crippen molar-refractivity contribution in [2.24, 2.45) is 5.73 Å². The van der Waals surface area contributed by atoms with Crippen LogP contribution in [0.5, 0.6) is 0 Å². The third kappa shape index (κ3) is 3.13. The number of rotatable bonds is 4. The summed E-state index contributed by atoms with van der Waals surface area (Å²) in [4.78, 5) is 14.3. The standard InChI is InChI=1S/C15H21FN2O/c1-11-6-7-12(10-14(11)16)15(19)18-9-3-5-13(18)4-2-8-17/h6-7,10,13H,2-5,8-9,17H2,1H3. The Hall–Kier alpha value is -1.42. The van der Waals surface area contributed by atoms with E-state index in [1.54, 1.807) is 19.1 Å². The summed E-state index contributed by atoms with van der Waals surface area (Å²) in [6, 6.07) is 4.98. The van der Waals surface area contributed by atoms with E-state index < -0.39 is 0 Å². The molecule has 3 nitrogen and oxygen atoms in total. The van der Waals surface area contributed by atoms with Crippen LogP contribution in [0.1, 0.15) is 41.6 Å². The van der Waals surface area contributed by atoms with E-state index in [2.05, 4.69) is 0 Å². The lowest BCUT2D eigenvalue weighted by Crippen LogP contribution is -2.35. The zero-order valence-corrected chi connectivity index (χ0v) is 11.4. The SMILES string of the molecule is Cc1ccc(C(=O)N2CCCC2CCCN)cc1F. The Morgan fingerprint density at radius 3 is 3.00 bits per heavy atom. The average molecular weight is 264 g/mol. The molecule has 1 aromatic rings. The molecule has 1 heterocycles. The summed E-state index contributed by atoms with van der Waals surface area (Å²) >= 11 is 0. The van der Waals surface area contributed by atoms with Crippen LogP contribution in [-0.4, -0.2) is 29.9 Å². The molecule has 0 bridgehead atoms. The minimum atomic E-state index is -0.316. The highest BCUT2D eigenvalue weighted by Crippen LogP contribution is 2.24. The Bertz CT molecular complexity index is 461. The molecule has 1 saturated heterocycles. The number of hydrogen-bond donors (Lipinski definition) is 1. The smallest absolute Gasteiger partial charge is 0.254 e. The van der Waals surface area contributed by atoms with Gasteiger partial charge in [0.1, 0.15) is 5.82 Å². The average Bonchev–Trinajstić information content (AvgIpc) is 2.87. The van der Waals surface area contributed by atoms with Crippen molar-refractivity contribution in [1.82, 2.24) is 4.90 Å². The van der Waals surface area contributed by atoms with Crippen molar-refractivity contribution in [3.05, 3.63) is 35.1 Å². The van der Waals surface area contributed by atoms with Gasteiger partial charge in [-0.3, -0.25) is 4.79 Å². The third-order valence-electron chi connectivity index (χ3n) is 3.80. The number of aryl methyl sites for hydroxylation is 1. The highest BCUT2D eigenvalue weighted by atomic mass is 19.1. The van der Waals surface area contributed by atoms with E-state index in [4.69, 9.17) is 5.73 Å². The van der Waals surface area contributed by atoms with Crippen molar-refractivity contribution in [3.63, 3.8) is 0 Å². The first-order chi connectivity index (χ1) is 9.13. The Morgan fingerprint density at radius 2 is 2.32 bits per heavy atom. The van der Waals surface area contributed by atoms with Crippen LogP contribution in [0.3, 0.4) is 0 Å². The fourth-order valence-corrected chi connectivity index (χ4v) is 2.65. The maximum Gasteiger partial charge on any atom is 0.254 e. The minimum absolute atomic E-state index is 0.0570. The lowest BCUT2D eigenvalue weighted by Gasteiger charge is -2.24. The molecule has 19 heavy (non-hydrogen) atoms. The van der Waals surface area contributed by atoms with Gasteiger partial charge in [0.15, 0.2) is 0 Å². The van der Waals surface area contributed by atoms with E-state index in [-0.39, 0.29) is 17.8 Å². The summed E-state index contributed by atoms with van der Waals surface area (Å²) in [6.07, 6.45) is 3.92. The monoisotopic (exact) mass is 264 g/mol. The summed E-state index contributed by atoms with van der Waals surface area (Å²) in [5.41, 5.74) is 6.54. The summed E-state index contributed by atoms with van der Waals surface area (Å²) in [5.74, 6) is -0.373. The van der Waals surface area contributed by atoms with Crippen LogP contribution in [0.15, 0.2) is 18.2 Å². The van der Waals surface area contributed by atoms with Crippen molar-refractivity contribution in [2.45, 2.75) is 38.6 Å². The van der Waals surface area contributed by atoms with Gasteiger partial charge in [0.25, 0.3) is 5.91 Å². The molecular weight excluding hydrogens is 243 g/mol. The second kappa shape index (κ2) is 6.15. The molecule has 0 aliphatic carbocycles. The predicted octanol–water partition coefficient (Wildman–Crippen LogP) is 2.48. The summed E-state index contributed by atoms with van der Waals surface area (Å²) in [6.45, 7) is 3.12. The molecule has 1 amide bonds. The molecule has 1 atom stereocenters. The predicted molar refractivity (Wildman–Crippen MR) is 73.5 cm³/mol. The number of amides is 1. The molecule has 1 aliphatic rings. The van der Waals surface area contributed by atoms with Gasteiger partial charge in [0.05, 0.1) is 0 Å². The zero-order chi connectivity index (χ0) is 13.8. The van der Waals surface area contributed by atoms with Gasteiger partial charge in [-0.15, -0.1) is 0 Å². The first-order valence-electron chi connectivity index (χ1n) is 6.90. The van der Waals surface area contributed by atoms with Gasteiger partial charge < -0.3 is 10.6 Å². The Balaban J connectivity index is 2.11. The van der Waals surface area contributed by atoms with Gasteiger partial charge in [-0.1, -0.05) is 6.07 Å². The van der Waals surface area contributed by atoms with Crippen LogP contribution < -0.4 is 5.73 Å². The van der Waals surface area contributed by atoms with Crippen molar-refractivity contribution in [1.29, 1.82) is 0 Å². The maximum atomic E-state index is 13.5. The Labute approximate surface area is 113 Å². The van der Waals surface area contributed by atoms with Crippen molar-refractivity contribution >= 4 is 5.91 Å². The van der Waals surface area contributed by atoms with Crippen LogP contribution in [0.2, 0.25) is 0 Å². The van der Waals surface area contributed by atoms with Crippen LogP contribution in [0, 0.1) is 12.7 Å². The first-order valence-corrected chi connectivity index (χ1v) is 6.90. The van der Waals surface area contributed by atoms with Gasteiger partial charge in [-0.25, -0.2) is 4.39 Å². The largest absolute Gasteiger partial charge is 0.336 e. The molecule has 104 valence electrons. The van der Waals surface area contributed by atoms with Crippen LogP contribution >= 0.6 is 0 Å². The fourth-order valence-electron chi connectivity index (χ4n) is 2.65. The number of nitrogens with two attached hydrogens (primary N) is 1. The molecular formula is C15H21FN2O. The number of carbonyl (C=O) groups is 1. The van der Waals surface area contributed by atoms with Crippen molar-refractivity contribution < 1.29 is 9.18 Å². The lowest BCUT2D eigenvalue weighted by molar-refractivity contribution is 0.0729. The van der Waals surface area contributed by atoms with Gasteiger partial charge in [0, 0.05) is 18.2 Å². The maximum absolute atomic E-state index is 13.5. The molecule has 0 radical (unpaired) electrons. The second-order valence-electron chi connectivity index (χ2n) is 5.19. The number of hydrogen-bond acceptors (Lipinski definition) is 2. The number of benzene rings is 1. The topological polar surface area (TPSA) is 46.3 Å². The lowest BCUT2D eigenvalue weighted by atomic mass is 10.1. The quantitative estimate of drug-likeness (QED) is 0.908. The number of nitrogens with zero attached hydrogens (tertiary/aromatic N) is 1. The molecule has 4 heteroatoms. The van der Waals surface area contributed by atoms with Crippen LogP contribution in [-0.2, 0) is 0 Å².